The Labute approximate surface area is 200 Å². The van der Waals surface area contributed by atoms with Gasteiger partial charge in [-0.05, 0) is 31.2 Å². The van der Waals surface area contributed by atoms with Crippen LogP contribution >= 0.6 is 11.3 Å². The van der Waals surface area contributed by atoms with Gasteiger partial charge in [-0.2, -0.15) is 9.78 Å². The number of imide groups is 1. The van der Waals surface area contributed by atoms with Crippen LogP contribution in [-0.2, 0) is 4.79 Å². The van der Waals surface area contributed by atoms with Gasteiger partial charge in [0.05, 0.1) is 39.1 Å². The van der Waals surface area contributed by atoms with Gasteiger partial charge in [0.15, 0.2) is 0 Å². The number of anilines is 1. The maximum Gasteiger partial charge on any atom is 0.270 e. The first-order valence-electron chi connectivity index (χ1n) is 10.2. The van der Waals surface area contributed by atoms with Crippen LogP contribution in [0.1, 0.15) is 26.4 Å². The van der Waals surface area contributed by atoms with Crippen molar-refractivity contribution in [1.82, 2.24) is 19.7 Å². The number of nitrogens with one attached hydrogen (secondary N) is 1. The summed E-state index contributed by atoms with van der Waals surface area (Å²) >= 11 is 1.35. The zero-order chi connectivity index (χ0) is 24.9. The molecule has 2 aromatic heterocycles. The van der Waals surface area contributed by atoms with Crippen LogP contribution in [0.15, 0.2) is 42.5 Å². The molecule has 13 heteroatoms. The van der Waals surface area contributed by atoms with E-state index in [9.17, 15) is 24.5 Å². The molecule has 4 aromatic rings. The first-order chi connectivity index (χ1) is 16.7. The number of rotatable bonds is 6. The van der Waals surface area contributed by atoms with Crippen LogP contribution in [0.4, 0.5) is 11.5 Å². The van der Waals surface area contributed by atoms with Gasteiger partial charge in [0, 0.05) is 18.2 Å². The number of aromatic nitrogens is 3. The largest absolute Gasteiger partial charge is 0.497 e. The molecule has 0 bridgehead atoms. The van der Waals surface area contributed by atoms with E-state index in [1.54, 1.807) is 26.2 Å². The van der Waals surface area contributed by atoms with E-state index in [1.165, 1.54) is 22.1 Å². The van der Waals surface area contributed by atoms with Crippen LogP contribution in [0.5, 0.6) is 5.75 Å². The molecule has 1 aliphatic rings. The molecule has 3 amide bonds. The summed E-state index contributed by atoms with van der Waals surface area (Å²) < 4.78 is 7.58. The number of nitro benzene ring substituents is 1. The summed E-state index contributed by atoms with van der Waals surface area (Å²) in [5.41, 5.74) is 0.938. The highest BCUT2D eigenvalue weighted by atomic mass is 32.1. The molecule has 0 fully saturated rings. The number of benzene rings is 2. The molecule has 2 aromatic carbocycles. The molecule has 0 spiro atoms. The number of aryl methyl sites for hydroxylation is 1. The van der Waals surface area contributed by atoms with Crippen molar-refractivity contribution in [3.05, 3.63) is 69.4 Å². The first-order valence-corrected chi connectivity index (χ1v) is 11.0. The molecule has 176 valence electrons. The Balaban J connectivity index is 1.37. The van der Waals surface area contributed by atoms with Crippen molar-refractivity contribution in [3.8, 4) is 10.9 Å². The number of hydrogen-bond acceptors (Lipinski definition) is 9. The van der Waals surface area contributed by atoms with E-state index in [0.29, 0.717) is 22.4 Å². The molecule has 12 nitrogen and oxygen atoms in total. The van der Waals surface area contributed by atoms with Crippen LogP contribution < -0.4 is 10.1 Å². The highest BCUT2D eigenvalue weighted by Gasteiger charge is 2.38. The molecule has 35 heavy (non-hydrogen) atoms. The Hall–Kier alpha value is -4.65. The third-order valence-electron chi connectivity index (χ3n) is 5.33. The quantitative estimate of drug-likeness (QED) is 0.245. The number of fused-ring (bicyclic) bond motifs is 2. The molecule has 0 unspecified atom stereocenters. The maximum atomic E-state index is 12.8. The molecule has 0 saturated carbocycles. The van der Waals surface area contributed by atoms with Gasteiger partial charge in [-0.3, -0.25) is 29.4 Å². The fourth-order valence-electron chi connectivity index (χ4n) is 3.71. The van der Waals surface area contributed by atoms with Crippen molar-refractivity contribution in [1.29, 1.82) is 0 Å². The predicted octanol–water partition coefficient (Wildman–Crippen LogP) is 2.94. The monoisotopic (exact) mass is 492 g/mol. The topological polar surface area (TPSA) is 150 Å². The summed E-state index contributed by atoms with van der Waals surface area (Å²) in [5.74, 6) is -1.11. The number of carbonyl (C=O) groups is 3. The van der Waals surface area contributed by atoms with Gasteiger partial charge in [0.1, 0.15) is 18.1 Å². The molecule has 0 saturated heterocycles. The number of ether oxygens (including phenoxy) is 1. The zero-order valence-electron chi connectivity index (χ0n) is 18.3. The second-order valence-electron chi connectivity index (χ2n) is 7.64. The minimum atomic E-state index is -0.770. The van der Waals surface area contributed by atoms with E-state index in [4.69, 9.17) is 4.74 Å². The maximum absolute atomic E-state index is 12.8. The standard InChI is InChI=1S/C22H16N6O6S/c1-11-7-18(27(25-11)22-23-16-6-4-13(34-2)9-17(16)35-22)24-19(29)10-26-20(30)14-5-3-12(28(32)33)8-15(14)21(26)31/h3-9H,10H2,1-2H3,(H,24,29). The summed E-state index contributed by atoms with van der Waals surface area (Å²) in [6.45, 7) is 1.18. The number of carbonyl (C=O) groups excluding carboxylic acids is 3. The van der Waals surface area contributed by atoms with Gasteiger partial charge >= 0.3 is 0 Å². The van der Waals surface area contributed by atoms with Crippen LogP contribution in [0.3, 0.4) is 0 Å². The van der Waals surface area contributed by atoms with Crippen LogP contribution in [0.25, 0.3) is 15.3 Å². The molecular formula is C22H16N6O6S. The minimum Gasteiger partial charge on any atom is -0.497 e. The lowest BCUT2D eigenvalue weighted by molar-refractivity contribution is -0.384. The highest BCUT2D eigenvalue weighted by molar-refractivity contribution is 7.20. The summed E-state index contributed by atoms with van der Waals surface area (Å²) in [7, 11) is 1.57. The predicted molar refractivity (Wildman–Crippen MR) is 125 cm³/mol. The third kappa shape index (κ3) is 3.87. The SMILES string of the molecule is COc1ccc2nc(-n3nc(C)cc3NC(=O)CN3C(=O)c4ccc([N+](=O)[O-])cc4C3=O)sc2c1. The first kappa shape index (κ1) is 22.2. The minimum absolute atomic E-state index is 0.0131. The highest BCUT2D eigenvalue weighted by Crippen LogP contribution is 2.30. The van der Waals surface area contributed by atoms with E-state index in [-0.39, 0.29) is 16.8 Å². The van der Waals surface area contributed by atoms with Crippen LogP contribution in [0.2, 0.25) is 0 Å². The number of nitro groups is 1. The van der Waals surface area contributed by atoms with E-state index >= 15 is 0 Å². The number of thiazole rings is 1. The Kier molecular flexibility index (Phi) is 5.25. The number of nitrogens with zero attached hydrogens (tertiary/aromatic N) is 5. The number of methoxy groups -OCH3 is 1. The fraction of sp³-hybridized carbons (Fsp3) is 0.136. The van der Waals surface area contributed by atoms with Gasteiger partial charge in [-0.15, -0.1) is 0 Å². The van der Waals surface area contributed by atoms with Crippen LogP contribution in [0, 0.1) is 17.0 Å². The summed E-state index contributed by atoms with van der Waals surface area (Å²) in [4.78, 5) is 53.8. The summed E-state index contributed by atoms with van der Waals surface area (Å²) in [5, 5.41) is 18.6. The van der Waals surface area contributed by atoms with Gasteiger partial charge in [0.2, 0.25) is 11.0 Å². The third-order valence-corrected chi connectivity index (χ3v) is 6.33. The van der Waals surface area contributed by atoms with Crippen molar-refractivity contribution in [3.63, 3.8) is 0 Å². The average molecular weight is 492 g/mol. The van der Waals surface area contributed by atoms with Crippen molar-refractivity contribution in [2.24, 2.45) is 0 Å². The van der Waals surface area contributed by atoms with Gasteiger partial charge in [-0.1, -0.05) is 11.3 Å². The van der Waals surface area contributed by atoms with Crippen molar-refractivity contribution >= 4 is 50.8 Å². The number of hydrogen-bond donors (Lipinski definition) is 1. The molecule has 0 radical (unpaired) electrons. The van der Waals surface area contributed by atoms with Crippen molar-refractivity contribution in [2.75, 3.05) is 19.0 Å². The van der Waals surface area contributed by atoms with Crippen LogP contribution in [-0.4, -0.2) is 56.0 Å². The number of amides is 3. The Bertz CT molecular complexity index is 1560. The number of non-ortho nitro benzene ring substituents is 1. The second kappa shape index (κ2) is 8.29. The molecule has 1 N–H and O–H groups in total. The lowest BCUT2D eigenvalue weighted by atomic mass is 10.1. The second-order valence-corrected chi connectivity index (χ2v) is 8.65. The zero-order valence-corrected chi connectivity index (χ0v) is 19.2. The van der Waals surface area contributed by atoms with E-state index in [2.05, 4.69) is 15.4 Å². The van der Waals surface area contributed by atoms with Gasteiger partial charge < -0.3 is 10.1 Å². The average Bonchev–Trinajstić information content (AvgIpc) is 3.48. The molecular weight excluding hydrogens is 476 g/mol. The van der Waals surface area contributed by atoms with Gasteiger partial charge in [0.25, 0.3) is 17.5 Å². The van der Waals surface area contributed by atoms with Gasteiger partial charge in [-0.25, -0.2) is 4.98 Å². The Morgan fingerprint density at radius 3 is 2.66 bits per heavy atom. The fourth-order valence-corrected chi connectivity index (χ4v) is 4.67. The molecule has 0 aliphatic carbocycles. The lowest BCUT2D eigenvalue weighted by Crippen LogP contribution is -2.37. The molecule has 3 heterocycles. The van der Waals surface area contributed by atoms with E-state index in [1.807, 2.05) is 12.1 Å². The Morgan fingerprint density at radius 2 is 1.91 bits per heavy atom. The molecule has 0 atom stereocenters. The molecule has 5 rings (SSSR count). The molecule has 1 aliphatic heterocycles. The van der Waals surface area contributed by atoms with Crippen molar-refractivity contribution < 1.29 is 24.0 Å². The smallest absolute Gasteiger partial charge is 0.270 e. The van der Waals surface area contributed by atoms with E-state index < -0.39 is 29.2 Å². The lowest BCUT2D eigenvalue weighted by Gasteiger charge is -2.13. The summed E-state index contributed by atoms with van der Waals surface area (Å²) in [6.07, 6.45) is 0. The summed E-state index contributed by atoms with van der Waals surface area (Å²) in [6, 6.07) is 10.5. The van der Waals surface area contributed by atoms with Crippen molar-refractivity contribution in [2.45, 2.75) is 6.92 Å². The Morgan fingerprint density at radius 1 is 1.14 bits per heavy atom. The van der Waals surface area contributed by atoms with E-state index in [0.717, 1.165) is 27.2 Å². The normalized spacial score (nSPS) is 12.8.